The molecule has 0 bridgehead atoms. The fourth-order valence-electron chi connectivity index (χ4n) is 0.911. The zero-order valence-electron chi connectivity index (χ0n) is 7.54. The topological polar surface area (TPSA) is 92.5 Å². The third-order valence-corrected chi connectivity index (χ3v) is 1.48. The monoisotopic (exact) mass is 196 g/mol. The molecule has 0 fully saturated rings. The van der Waals surface area contributed by atoms with Crippen LogP contribution in [-0.4, -0.2) is 39.7 Å². The second-order valence-electron chi connectivity index (χ2n) is 2.42. The van der Waals surface area contributed by atoms with Crippen LogP contribution in [-0.2, 0) is 4.74 Å². The van der Waals surface area contributed by atoms with Gasteiger partial charge in [-0.2, -0.15) is 0 Å². The molecule has 1 aromatic rings. The molecule has 0 aliphatic carbocycles. The molecule has 7 heteroatoms. The Kier molecular flexibility index (Phi) is 3.55. The van der Waals surface area contributed by atoms with Crippen molar-refractivity contribution < 1.29 is 19.6 Å². The summed E-state index contributed by atoms with van der Waals surface area (Å²) in [5.74, 6) is -0.670. The van der Waals surface area contributed by atoms with Gasteiger partial charge in [-0.3, -0.25) is 0 Å². The molecule has 0 aliphatic heterocycles. The molecule has 1 rings (SSSR count). The van der Waals surface area contributed by atoms with Crippen molar-refractivity contribution in [2.45, 2.75) is 6.92 Å². The van der Waals surface area contributed by atoms with Crippen LogP contribution in [0.5, 0.6) is 0 Å². The number of rotatable bonds is 3. The first-order valence-corrected chi connectivity index (χ1v) is 4.00. The first-order chi connectivity index (χ1) is 6.66. The lowest BCUT2D eigenvalue weighted by Crippen LogP contribution is -2.37. The first-order valence-electron chi connectivity index (χ1n) is 4.00. The van der Waals surface area contributed by atoms with Crippen LogP contribution in [0.4, 0.5) is 0 Å². The van der Waals surface area contributed by atoms with Gasteiger partial charge in [-0.05, 0) is 6.92 Å². The van der Waals surface area contributed by atoms with Gasteiger partial charge in [0, 0.05) is 6.20 Å². The van der Waals surface area contributed by atoms with Crippen molar-refractivity contribution >= 4 is 18.7 Å². The summed E-state index contributed by atoms with van der Waals surface area (Å²) in [5.41, 5.74) is -0.192. The predicted octanol–water partition coefficient (Wildman–Crippen LogP) is -1.67. The van der Waals surface area contributed by atoms with E-state index >= 15 is 0 Å². The van der Waals surface area contributed by atoms with Crippen LogP contribution in [0.25, 0.3) is 0 Å². The maximum absolute atomic E-state index is 11.2. The summed E-state index contributed by atoms with van der Waals surface area (Å²) in [4.78, 5) is 18.4. The Morgan fingerprint density at radius 3 is 2.93 bits per heavy atom. The number of ether oxygens (including phenoxy) is 1. The van der Waals surface area contributed by atoms with Crippen molar-refractivity contribution in [1.82, 2.24) is 9.97 Å². The Morgan fingerprint density at radius 1 is 1.64 bits per heavy atom. The fraction of sp³-hybridized carbons (Fsp3) is 0.286. The van der Waals surface area contributed by atoms with Crippen molar-refractivity contribution in [3.63, 3.8) is 0 Å². The third kappa shape index (κ3) is 2.27. The van der Waals surface area contributed by atoms with E-state index in [-0.39, 0.29) is 17.8 Å². The van der Waals surface area contributed by atoms with Crippen LogP contribution in [0.15, 0.2) is 12.5 Å². The molecule has 0 spiro atoms. The number of hydrogen-bond donors (Lipinski definition) is 2. The zero-order valence-corrected chi connectivity index (χ0v) is 7.54. The molecular weight excluding hydrogens is 187 g/mol. The van der Waals surface area contributed by atoms with Gasteiger partial charge in [-0.1, -0.05) is 0 Å². The molecule has 0 aliphatic rings. The van der Waals surface area contributed by atoms with Crippen molar-refractivity contribution in [2.24, 2.45) is 0 Å². The van der Waals surface area contributed by atoms with Gasteiger partial charge in [0.25, 0.3) is 0 Å². The standard InChI is InChI=1S/C7H9BN2O4/c1-2-14-7(11)5-3-9-4-10-6(5)8(12)13/h3-4,12-13H,2H2,1H3. The number of nitrogens with zero attached hydrogens (tertiary/aromatic N) is 2. The normalized spacial score (nSPS) is 9.64. The lowest BCUT2D eigenvalue weighted by Gasteiger charge is -2.05. The quantitative estimate of drug-likeness (QED) is 0.443. The fourth-order valence-corrected chi connectivity index (χ4v) is 0.911. The number of carbonyl (C=O) groups excluding carboxylic acids is 1. The molecule has 14 heavy (non-hydrogen) atoms. The molecule has 2 N–H and O–H groups in total. The van der Waals surface area contributed by atoms with Crippen molar-refractivity contribution in [1.29, 1.82) is 0 Å². The van der Waals surface area contributed by atoms with Crippen LogP contribution in [0, 0.1) is 0 Å². The minimum absolute atomic E-state index is 0.0376. The molecule has 1 aromatic heterocycles. The SMILES string of the molecule is CCOC(=O)c1cncnc1B(O)O. The zero-order chi connectivity index (χ0) is 10.6. The minimum atomic E-state index is -1.81. The van der Waals surface area contributed by atoms with Crippen LogP contribution in [0.1, 0.15) is 17.3 Å². The Morgan fingerprint density at radius 2 is 2.36 bits per heavy atom. The highest BCUT2D eigenvalue weighted by Crippen LogP contribution is 1.95. The summed E-state index contributed by atoms with van der Waals surface area (Å²) < 4.78 is 4.68. The molecule has 0 atom stereocenters. The summed E-state index contributed by atoms with van der Waals surface area (Å²) in [7, 11) is -1.81. The Bertz CT molecular complexity index is 331. The van der Waals surface area contributed by atoms with E-state index in [2.05, 4.69) is 14.7 Å². The van der Waals surface area contributed by atoms with Crippen molar-refractivity contribution in [2.75, 3.05) is 6.61 Å². The van der Waals surface area contributed by atoms with E-state index in [0.717, 1.165) is 6.33 Å². The van der Waals surface area contributed by atoms with Gasteiger partial charge in [0.05, 0.1) is 17.8 Å². The molecule has 1 heterocycles. The third-order valence-electron chi connectivity index (χ3n) is 1.48. The average Bonchev–Trinajstić information content (AvgIpc) is 2.18. The van der Waals surface area contributed by atoms with Gasteiger partial charge in [0.15, 0.2) is 0 Å². The Balaban J connectivity index is 3.00. The Labute approximate surface area is 80.7 Å². The number of esters is 1. The highest BCUT2D eigenvalue weighted by Gasteiger charge is 2.22. The number of aromatic nitrogens is 2. The molecule has 0 saturated carbocycles. The van der Waals surface area contributed by atoms with E-state index in [4.69, 9.17) is 10.0 Å². The summed E-state index contributed by atoms with van der Waals surface area (Å²) in [6.07, 6.45) is 2.30. The van der Waals surface area contributed by atoms with Crippen LogP contribution >= 0.6 is 0 Å². The van der Waals surface area contributed by atoms with Gasteiger partial charge in [-0.25, -0.2) is 14.8 Å². The van der Waals surface area contributed by atoms with Gasteiger partial charge >= 0.3 is 13.1 Å². The summed E-state index contributed by atoms with van der Waals surface area (Å²) >= 11 is 0. The van der Waals surface area contributed by atoms with Gasteiger partial charge in [0.2, 0.25) is 0 Å². The van der Waals surface area contributed by atoms with E-state index < -0.39 is 13.1 Å². The summed E-state index contributed by atoms with van der Waals surface area (Å²) in [6, 6.07) is 0. The molecule has 6 nitrogen and oxygen atoms in total. The highest BCUT2D eigenvalue weighted by molar-refractivity contribution is 6.59. The van der Waals surface area contributed by atoms with E-state index in [1.807, 2.05) is 0 Å². The smallest absolute Gasteiger partial charge is 0.462 e. The second kappa shape index (κ2) is 4.68. The van der Waals surface area contributed by atoms with Crippen LogP contribution in [0.3, 0.4) is 0 Å². The van der Waals surface area contributed by atoms with Gasteiger partial charge in [0.1, 0.15) is 6.33 Å². The summed E-state index contributed by atoms with van der Waals surface area (Å²) in [5, 5.41) is 17.8. The molecule has 0 saturated heterocycles. The molecule has 74 valence electrons. The average molecular weight is 196 g/mol. The maximum Gasteiger partial charge on any atom is 0.509 e. The van der Waals surface area contributed by atoms with Gasteiger partial charge in [-0.15, -0.1) is 0 Å². The van der Waals surface area contributed by atoms with E-state index in [9.17, 15) is 4.79 Å². The van der Waals surface area contributed by atoms with E-state index in [1.54, 1.807) is 6.92 Å². The largest absolute Gasteiger partial charge is 0.509 e. The van der Waals surface area contributed by atoms with E-state index in [1.165, 1.54) is 6.20 Å². The predicted molar refractivity (Wildman–Crippen MR) is 47.8 cm³/mol. The van der Waals surface area contributed by atoms with Crippen LogP contribution < -0.4 is 5.59 Å². The van der Waals surface area contributed by atoms with E-state index in [0.29, 0.717) is 0 Å². The number of carbonyl (C=O) groups is 1. The molecule has 0 amide bonds. The molecule has 0 radical (unpaired) electrons. The lowest BCUT2D eigenvalue weighted by atomic mass is 9.83. The molecule has 0 unspecified atom stereocenters. The molecular formula is C7H9BN2O4. The number of hydrogen-bond acceptors (Lipinski definition) is 6. The lowest BCUT2D eigenvalue weighted by molar-refractivity contribution is 0.0526. The summed E-state index contributed by atoms with van der Waals surface area (Å²) in [6.45, 7) is 1.85. The Hall–Kier alpha value is -1.47. The first kappa shape index (κ1) is 10.6. The van der Waals surface area contributed by atoms with Gasteiger partial charge < -0.3 is 14.8 Å². The second-order valence-corrected chi connectivity index (χ2v) is 2.42. The highest BCUT2D eigenvalue weighted by atomic mass is 16.5. The molecule has 0 aromatic carbocycles. The maximum atomic E-state index is 11.2. The van der Waals surface area contributed by atoms with Crippen LogP contribution in [0.2, 0.25) is 0 Å². The van der Waals surface area contributed by atoms with Crippen molar-refractivity contribution in [3.05, 3.63) is 18.1 Å². The van der Waals surface area contributed by atoms with Crippen molar-refractivity contribution in [3.8, 4) is 0 Å². The minimum Gasteiger partial charge on any atom is -0.462 e.